The summed E-state index contributed by atoms with van der Waals surface area (Å²) in [5.41, 5.74) is 0.850. The van der Waals surface area contributed by atoms with Crippen LogP contribution >= 0.6 is 15.9 Å². The Bertz CT molecular complexity index is 359. The van der Waals surface area contributed by atoms with E-state index in [9.17, 15) is 4.39 Å². The Balaban J connectivity index is 2.35. The summed E-state index contributed by atoms with van der Waals surface area (Å²) in [6, 6.07) is 5.39. The summed E-state index contributed by atoms with van der Waals surface area (Å²) >= 11 is 3.29. The van der Waals surface area contributed by atoms with Gasteiger partial charge in [-0.05, 0) is 49.0 Å². The van der Waals surface area contributed by atoms with Gasteiger partial charge in [0.25, 0.3) is 0 Å². The van der Waals surface area contributed by atoms with Crippen molar-refractivity contribution in [1.29, 1.82) is 0 Å². The highest BCUT2D eigenvalue weighted by atomic mass is 79.9. The van der Waals surface area contributed by atoms with Gasteiger partial charge in [0.15, 0.2) is 0 Å². The minimum absolute atomic E-state index is 0.00394. The first kappa shape index (κ1) is 11.1. The predicted octanol–water partition coefficient (Wildman–Crippen LogP) is 3.23. The molecule has 1 aliphatic rings. The van der Waals surface area contributed by atoms with Crippen LogP contribution in [0.1, 0.15) is 25.3 Å². The maximum atomic E-state index is 13.8. The molecule has 0 atom stereocenters. The third-order valence-electron chi connectivity index (χ3n) is 3.29. The van der Waals surface area contributed by atoms with E-state index in [1.54, 1.807) is 6.07 Å². The van der Waals surface area contributed by atoms with Crippen molar-refractivity contribution in [3.63, 3.8) is 0 Å². The Hall–Kier alpha value is -0.410. The maximum absolute atomic E-state index is 13.8. The molecule has 0 aromatic heterocycles. The van der Waals surface area contributed by atoms with Gasteiger partial charge in [-0.2, -0.15) is 0 Å². The molecule has 0 saturated carbocycles. The number of halogens is 2. The lowest BCUT2D eigenvalue weighted by molar-refractivity contribution is 0.324. The highest BCUT2D eigenvalue weighted by Gasteiger charge is 2.30. The van der Waals surface area contributed by atoms with Crippen molar-refractivity contribution in [3.8, 4) is 0 Å². The van der Waals surface area contributed by atoms with E-state index in [0.717, 1.165) is 36.0 Å². The van der Waals surface area contributed by atoms with Gasteiger partial charge in [-0.1, -0.05) is 28.9 Å². The third-order valence-corrected chi connectivity index (χ3v) is 3.78. The third kappa shape index (κ3) is 2.23. The highest BCUT2D eigenvalue weighted by molar-refractivity contribution is 9.10. The van der Waals surface area contributed by atoms with Crippen LogP contribution in [0.5, 0.6) is 0 Å². The summed E-state index contributed by atoms with van der Waals surface area (Å²) in [4.78, 5) is 0. The Morgan fingerprint density at radius 1 is 1.33 bits per heavy atom. The number of rotatable bonds is 1. The van der Waals surface area contributed by atoms with E-state index in [-0.39, 0.29) is 11.2 Å². The number of hydrogen-bond donors (Lipinski definition) is 1. The summed E-state index contributed by atoms with van der Waals surface area (Å²) in [5.74, 6) is -0.0891. The van der Waals surface area contributed by atoms with E-state index in [0.29, 0.717) is 0 Å². The van der Waals surface area contributed by atoms with Gasteiger partial charge in [0.1, 0.15) is 5.82 Å². The van der Waals surface area contributed by atoms with E-state index >= 15 is 0 Å². The standard InChI is InChI=1S/C12H15BrFN/c1-12(4-6-15-7-5-12)10-3-2-9(13)8-11(10)14/h2-3,8,15H,4-7H2,1H3. The molecule has 1 aliphatic heterocycles. The summed E-state index contributed by atoms with van der Waals surface area (Å²) in [7, 11) is 0. The van der Waals surface area contributed by atoms with Crippen LogP contribution in [0.4, 0.5) is 4.39 Å². The van der Waals surface area contributed by atoms with Gasteiger partial charge in [-0.25, -0.2) is 4.39 Å². The zero-order chi connectivity index (χ0) is 10.9. The minimum atomic E-state index is -0.0891. The lowest BCUT2D eigenvalue weighted by atomic mass is 9.75. The number of benzene rings is 1. The topological polar surface area (TPSA) is 12.0 Å². The molecule has 1 aromatic rings. The molecule has 1 fully saturated rings. The SMILES string of the molecule is CC1(c2ccc(Br)cc2F)CCNCC1. The average molecular weight is 272 g/mol. The largest absolute Gasteiger partial charge is 0.317 e. The fraction of sp³-hybridized carbons (Fsp3) is 0.500. The van der Waals surface area contributed by atoms with Crippen molar-refractivity contribution >= 4 is 15.9 Å². The number of piperidine rings is 1. The van der Waals surface area contributed by atoms with Gasteiger partial charge in [-0.15, -0.1) is 0 Å². The normalized spacial score (nSPS) is 20.2. The van der Waals surface area contributed by atoms with Crippen molar-refractivity contribution in [3.05, 3.63) is 34.1 Å². The molecule has 1 heterocycles. The highest BCUT2D eigenvalue weighted by Crippen LogP contribution is 2.35. The second-order valence-corrected chi connectivity index (χ2v) is 5.35. The molecule has 0 unspecified atom stereocenters. The second kappa shape index (κ2) is 4.22. The molecule has 3 heteroatoms. The van der Waals surface area contributed by atoms with Crippen LogP contribution in [0.25, 0.3) is 0 Å². The van der Waals surface area contributed by atoms with E-state index in [1.807, 2.05) is 12.1 Å². The van der Waals surface area contributed by atoms with Crippen LogP contribution in [0.15, 0.2) is 22.7 Å². The molecular formula is C12H15BrFN. The van der Waals surface area contributed by atoms with Crippen LogP contribution in [-0.2, 0) is 5.41 Å². The summed E-state index contributed by atoms with van der Waals surface area (Å²) in [6.07, 6.45) is 2.01. The Morgan fingerprint density at radius 2 is 2.00 bits per heavy atom. The average Bonchev–Trinajstić information content (AvgIpc) is 2.18. The van der Waals surface area contributed by atoms with Gasteiger partial charge in [-0.3, -0.25) is 0 Å². The minimum Gasteiger partial charge on any atom is -0.317 e. The first-order chi connectivity index (χ1) is 7.12. The monoisotopic (exact) mass is 271 g/mol. The van der Waals surface area contributed by atoms with E-state index in [2.05, 4.69) is 28.2 Å². The summed E-state index contributed by atoms with van der Waals surface area (Å²) in [5, 5.41) is 3.31. The first-order valence-electron chi connectivity index (χ1n) is 5.28. The first-order valence-corrected chi connectivity index (χ1v) is 6.07. The van der Waals surface area contributed by atoms with Crippen LogP contribution < -0.4 is 5.32 Å². The molecule has 82 valence electrons. The molecule has 2 rings (SSSR count). The number of nitrogens with one attached hydrogen (secondary N) is 1. The quantitative estimate of drug-likeness (QED) is 0.827. The lowest BCUT2D eigenvalue weighted by Gasteiger charge is -2.34. The van der Waals surface area contributed by atoms with Crippen molar-refractivity contribution in [2.45, 2.75) is 25.2 Å². The van der Waals surface area contributed by atoms with Crippen LogP contribution in [0, 0.1) is 5.82 Å². The maximum Gasteiger partial charge on any atom is 0.128 e. The van der Waals surface area contributed by atoms with Crippen LogP contribution in [0.2, 0.25) is 0 Å². The van der Waals surface area contributed by atoms with Crippen LogP contribution in [0.3, 0.4) is 0 Å². The van der Waals surface area contributed by atoms with E-state index in [4.69, 9.17) is 0 Å². The molecule has 1 nitrogen and oxygen atoms in total. The zero-order valence-corrected chi connectivity index (χ0v) is 10.4. The second-order valence-electron chi connectivity index (χ2n) is 4.43. The van der Waals surface area contributed by atoms with E-state index in [1.165, 1.54) is 0 Å². The van der Waals surface area contributed by atoms with Crippen molar-refractivity contribution in [2.24, 2.45) is 0 Å². The van der Waals surface area contributed by atoms with Crippen molar-refractivity contribution in [1.82, 2.24) is 5.32 Å². The fourth-order valence-corrected chi connectivity index (χ4v) is 2.56. The fourth-order valence-electron chi connectivity index (χ4n) is 2.23. The molecule has 0 aliphatic carbocycles. The molecule has 0 amide bonds. The van der Waals surface area contributed by atoms with Crippen molar-refractivity contribution in [2.75, 3.05) is 13.1 Å². The Morgan fingerprint density at radius 3 is 2.60 bits per heavy atom. The summed E-state index contributed by atoms with van der Waals surface area (Å²) < 4.78 is 14.6. The molecule has 0 radical (unpaired) electrons. The van der Waals surface area contributed by atoms with Gasteiger partial charge in [0.2, 0.25) is 0 Å². The zero-order valence-electron chi connectivity index (χ0n) is 8.82. The van der Waals surface area contributed by atoms with Crippen LogP contribution in [-0.4, -0.2) is 13.1 Å². The van der Waals surface area contributed by atoms with Gasteiger partial charge in [0, 0.05) is 4.47 Å². The lowest BCUT2D eigenvalue weighted by Crippen LogP contribution is -2.38. The molecule has 0 spiro atoms. The summed E-state index contributed by atoms with van der Waals surface area (Å²) in [6.45, 7) is 4.11. The molecule has 15 heavy (non-hydrogen) atoms. The number of hydrogen-bond acceptors (Lipinski definition) is 1. The van der Waals surface area contributed by atoms with E-state index < -0.39 is 0 Å². The Labute approximate surface area is 98.2 Å². The van der Waals surface area contributed by atoms with Crippen molar-refractivity contribution < 1.29 is 4.39 Å². The molecular weight excluding hydrogens is 257 g/mol. The molecule has 1 N–H and O–H groups in total. The van der Waals surface area contributed by atoms with Gasteiger partial charge < -0.3 is 5.32 Å². The Kier molecular flexibility index (Phi) is 3.12. The molecule has 1 saturated heterocycles. The molecule has 0 bridgehead atoms. The van der Waals surface area contributed by atoms with Gasteiger partial charge in [0.05, 0.1) is 0 Å². The molecule has 1 aromatic carbocycles. The smallest absolute Gasteiger partial charge is 0.128 e. The van der Waals surface area contributed by atoms with Gasteiger partial charge >= 0.3 is 0 Å². The predicted molar refractivity (Wildman–Crippen MR) is 63.6 cm³/mol.